The van der Waals surface area contributed by atoms with Crippen LogP contribution < -0.4 is 0 Å². The summed E-state index contributed by atoms with van der Waals surface area (Å²) in [6.07, 6.45) is 6.41. The maximum Gasteiger partial charge on any atom is 0.113 e. The molecule has 0 saturated carbocycles. The first-order valence-corrected chi connectivity index (χ1v) is 5.83. The monoisotopic (exact) mass is 215 g/mol. The van der Waals surface area contributed by atoms with E-state index in [-0.39, 0.29) is 6.04 Å². The molecule has 2 aromatic rings. The van der Waals surface area contributed by atoms with Crippen molar-refractivity contribution in [1.82, 2.24) is 15.0 Å². The number of hydrogen-bond acceptors (Lipinski definition) is 2. The van der Waals surface area contributed by atoms with E-state index in [9.17, 15) is 0 Å². The van der Waals surface area contributed by atoms with Gasteiger partial charge in [0.25, 0.3) is 0 Å². The molecule has 2 rings (SSSR count). The van der Waals surface area contributed by atoms with Crippen LogP contribution in [0, 0.1) is 0 Å². The summed E-state index contributed by atoms with van der Waals surface area (Å²) in [6, 6.07) is 8.24. The van der Waals surface area contributed by atoms with Crippen molar-refractivity contribution >= 4 is 11.0 Å². The van der Waals surface area contributed by atoms with Crippen molar-refractivity contribution in [3.05, 3.63) is 36.4 Å². The number of rotatable bonds is 4. The van der Waals surface area contributed by atoms with Gasteiger partial charge in [0, 0.05) is 0 Å². The summed E-state index contributed by atoms with van der Waals surface area (Å²) in [4.78, 5) is 1.82. The largest absolute Gasteiger partial charge is 0.177 e. The minimum atomic E-state index is 0.271. The zero-order valence-corrected chi connectivity index (χ0v) is 9.80. The molecule has 1 atom stereocenters. The van der Waals surface area contributed by atoms with Crippen LogP contribution in [0.3, 0.4) is 0 Å². The molecule has 0 aliphatic heterocycles. The molecular weight excluding hydrogens is 198 g/mol. The van der Waals surface area contributed by atoms with Gasteiger partial charge in [0.2, 0.25) is 0 Å². The molecule has 1 aromatic carbocycles. The van der Waals surface area contributed by atoms with Crippen molar-refractivity contribution in [2.24, 2.45) is 0 Å². The summed E-state index contributed by atoms with van der Waals surface area (Å²) in [5.41, 5.74) is 1.93. The molecule has 3 heteroatoms. The minimum absolute atomic E-state index is 0.271. The van der Waals surface area contributed by atoms with Crippen LogP contribution in [0.2, 0.25) is 0 Å². The number of aromatic nitrogens is 3. The van der Waals surface area contributed by atoms with Gasteiger partial charge < -0.3 is 0 Å². The Morgan fingerprint density at radius 3 is 2.31 bits per heavy atom. The lowest BCUT2D eigenvalue weighted by molar-refractivity contribution is 0.467. The highest BCUT2D eigenvalue weighted by molar-refractivity contribution is 5.72. The lowest BCUT2D eigenvalue weighted by Crippen LogP contribution is -2.08. The molecule has 0 bridgehead atoms. The number of nitrogens with zero attached hydrogens (tertiary/aromatic N) is 3. The number of fused-ring (bicyclic) bond motifs is 1. The van der Waals surface area contributed by atoms with Gasteiger partial charge in [-0.2, -0.15) is 15.0 Å². The van der Waals surface area contributed by atoms with E-state index < -0.39 is 0 Å². The topological polar surface area (TPSA) is 30.7 Å². The Labute approximate surface area is 95.8 Å². The molecule has 0 N–H and O–H groups in total. The Morgan fingerprint density at radius 2 is 1.81 bits per heavy atom. The number of allylic oxidation sites excluding steroid dienone is 2. The van der Waals surface area contributed by atoms with Crippen LogP contribution in [0.15, 0.2) is 36.4 Å². The van der Waals surface area contributed by atoms with Gasteiger partial charge >= 0.3 is 0 Å². The van der Waals surface area contributed by atoms with Crippen LogP contribution in [0.5, 0.6) is 0 Å². The molecule has 0 fully saturated rings. The molecule has 0 radical (unpaired) electrons. The van der Waals surface area contributed by atoms with Gasteiger partial charge in [-0.05, 0) is 25.0 Å². The molecule has 3 nitrogen and oxygen atoms in total. The summed E-state index contributed by atoms with van der Waals surface area (Å²) in [5, 5.41) is 8.98. The summed E-state index contributed by atoms with van der Waals surface area (Å²) >= 11 is 0. The summed E-state index contributed by atoms with van der Waals surface area (Å²) in [5.74, 6) is 0. The Hall–Kier alpha value is -1.64. The van der Waals surface area contributed by atoms with Crippen molar-refractivity contribution in [3.63, 3.8) is 0 Å². The average molecular weight is 215 g/mol. The molecule has 0 aliphatic rings. The molecule has 0 saturated heterocycles. The lowest BCUT2D eigenvalue weighted by atomic mass is 10.2. The van der Waals surface area contributed by atoms with Gasteiger partial charge in [0.15, 0.2) is 0 Å². The molecule has 0 spiro atoms. The maximum atomic E-state index is 4.49. The molecule has 1 unspecified atom stereocenters. The zero-order valence-electron chi connectivity index (χ0n) is 9.80. The molecular formula is C13H17N3. The predicted octanol–water partition coefficient (Wildman–Crippen LogP) is 3.35. The molecule has 1 aromatic heterocycles. The van der Waals surface area contributed by atoms with Gasteiger partial charge in [-0.25, -0.2) is 0 Å². The van der Waals surface area contributed by atoms with Crippen LogP contribution in [-0.2, 0) is 0 Å². The van der Waals surface area contributed by atoms with Crippen molar-refractivity contribution < 1.29 is 0 Å². The maximum absolute atomic E-state index is 4.49. The van der Waals surface area contributed by atoms with Crippen molar-refractivity contribution in [3.8, 4) is 0 Å². The van der Waals surface area contributed by atoms with Gasteiger partial charge in [-0.3, -0.25) is 0 Å². The van der Waals surface area contributed by atoms with E-state index in [4.69, 9.17) is 0 Å². The Morgan fingerprint density at radius 1 is 1.19 bits per heavy atom. The fraction of sp³-hybridized carbons (Fsp3) is 0.385. The van der Waals surface area contributed by atoms with Crippen LogP contribution >= 0.6 is 0 Å². The van der Waals surface area contributed by atoms with Crippen LogP contribution in [0.4, 0.5) is 0 Å². The fourth-order valence-electron chi connectivity index (χ4n) is 1.69. The quantitative estimate of drug-likeness (QED) is 0.732. The second-order valence-electron chi connectivity index (χ2n) is 3.82. The minimum Gasteiger partial charge on any atom is -0.177 e. The summed E-state index contributed by atoms with van der Waals surface area (Å²) in [7, 11) is 0. The van der Waals surface area contributed by atoms with Crippen molar-refractivity contribution in [1.29, 1.82) is 0 Å². The van der Waals surface area contributed by atoms with Gasteiger partial charge in [0.1, 0.15) is 11.0 Å². The molecule has 0 aliphatic carbocycles. The van der Waals surface area contributed by atoms with Crippen LogP contribution in [0.25, 0.3) is 11.0 Å². The van der Waals surface area contributed by atoms with Gasteiger partial charge in [-0.1, -0.05) is 38.1 Å². The number of benzene rings is 1. The molecule has 84 valence electrons. The van der Waals surface area contributed by atoms with E-state index in [1.165, 1.54) is 0 Å². The predicted molar refractivity (Wildman–Crippen MR) is 66.3 cm³/mol. The van der Waals surface area contributed by atoms with E-state index in [1.807, 2.05) is 29.1 Å². The Bertz CT molecular complexity index is 452. The van der Waals surface area contributed by atoms with Crippen LogP contribution in [0.1, 0.15) is 32.7 Å². The highest BCUT2D eigenvalue weighted by atomic mass is 15.5. The summed E-state index contributed by atoms with van der Waals surface area (Å²) < 4.78 is 0. The van der Waals surface area contributed by atoms with Gasteiger partial charge in [0.05, 0.1) is 6.04 Å². The smallest absolute Gasteiger partial charge is 0.113 e. The molecule has 1 heterocycles. The first-order valence-electron chi connectivity index (χ1n) is 5.83. The first-order chi connectivity index (χ1) is 7.85. The molecule has 16 heavy (non-hydrogen) atoms. The summed E-state index contributed by atoms with van der Waals surface area (Å²) in [6.45, 7) is 4.29. The van der Waals surface area contributed by atoms with E-state index >= 15 is 0 Å². The lowest BCUT2D eigenvalue weighted by Gasteiger charge is -2.07. The van der Waals surface area contributed by atoms with Gasteiger partial charge in [-0.15, -0.1) is 0 Å². The third-order valence-electron chi connectivity index (χ3n) is 2.61. The van der Waals surface area contributed by atoms with E-state index in [0.717, 1.165) is 23.9 Å². The van der Waals surface area contributed by atoms with Crippen molar-refractivity contribution in [2.45, 2.75) is 32.7 Å². The third kappa shape index (κ3) is 2.13. The van der Waals surface area contributed by atoms with E-state index in [1.54, 1.807) is 0 Å². The van der Waals surface area contributed by atoms with Crippen molar-refractivity contribution in [2.75, 3.05) is 0 Å². The second-order valence-corrected chi connectivity index (χ2v) is 3.82. The number of hydrogen-bond donors (Lipinski definition) is 0. The first kappa shape index (κ1) is 10.9. The highest BCUT2D eigenvalue weighted by Crippen LogP contribution is 2.15. The third-order valence-corrected chi connectivity index (χ3v) is 2.61. The van der Waals surface area contributed by atoms with E-state index in [2.05, 4.69) is 36.2 Å². The Kier molecular flexibility index (Phi) is 3.34. The molecule has 0 amide bonds. The fourth-order valence-corrected chi connectivity index (χ4v) is 1.69. The highest BCUT2D eigenvalue weighted by Gasteiger charge is 2.08. The second kappa shape index (κ2) is 4.92. The SMILES string of the molecule is CCC=CC(CC)n1nc2ccccc2n1. The normalized spacial score (nSPS) is 13.6. The standard InChI is InChI=1S/C13H17N3/c1-3-5-8-11(4-2)16-14-12-9-6-7-10-13(12)15-16/h5-11H,3-4H2,1-2H3. The zero-order chi connectivity index (χ0) is 11.4. The van der Waals surface area contributed by atoms with Crippen LogP contribution in [-0.4, -0.2) is 15.0 Å². The Balaban J connectivity index is 2.34. The average Bonchev–Trinajstić information content (AvgIpc) is 2.73. The van der Waals surface area contributed by atoms with E-state index in [0.29, 0.717) is 0 Å².